The Labute approximate surface area is 167 Å². The Kier molecular flexibility index (Phi) is 5.12. The Balaban J connectivity index is 1.45. The third-order valence-electron chi connectivity index (χ3n) is 4.71. The van der Waals surface area contributed by atoms with Crippen LogP contribution >= 0.6 is 0 Å². The molecule has 0 radical (unpaired) electrons. The summed E-state index contributed by atoms with van der Waals surface area (Å²) >= 11 is 0. The summed E-state index contributed by atoms with van der Waals surface area (Å²) in [6.45, 7) is 4.49. The van der Waals surface area contributed by atoms with Crippen LogP contribution < -0.4 is 9.47 Å². The number of aryl methyl sites for hydroxylation is 2. The van der Waals surface area contributed by atoms with Crippen LogP contribution in [-0.2, 0) is 4.74 Å². The number of esters is 1. The van der Waals surface area contributed by atoms with Gasteiger partial charge in [-0.1, -0.05) is 0 Å². The van der Waals surface area contributed by atoms with Crippen molar-refractivity contribution in [2.45, 2.75) is 20.3 Å². The number of rotatable bonds is 4. The maximum absolute atomic E-state index is 12.5. The van der Waals surface area contributed by atoms with Crippen molar-refractivity contribution in [3.05, 3.63) is 58.9 Å². The SMILES string of the molecule is Cc1nc2ccc(C(=O)OCC(=O)c3ccc4c(c3)OCCCO4)cc2nc1C. The Hall–Kier alpha value is -3.48. The van der Waals surface area contributed by atoms with E-state index < -0.39 is 5.97 Å². The number of carbonyl (C=O) groups excluding carboxylic acids is 2. The molecule has 2 heterocycles. The number of ether oxygens (including phenoxy) is 3. The van der Waals surface area contributed by atoms with E-state index in [-0.39, 0.29) is 12.4 Å². The molecule has 0 saturated carbocycles. The second-order valence-corrected chi connectivity index (χ2v) is 6.81. The Morgan fingerprint density at radius 1 is 0.897 bits per heavy atom. The second kappa shape index (κ2) is 7.87. The minimum atomic E-state index is -0.588. The van der Waals surface area contributed by atoms with Crippen LogP contribution in [0.5, 0.6) is 11.5 Å². The standard InChI is InChI=1S/C22H20N2O5/c1-13-14(2)24-18-10-16(4-6-17(18)23-13)22(26)29-12-19(25)15-5-7-20-21(11-15)28-9-3-8-27-20/h4-7,10-11H,3,8-9,12H2,1-2H3. The zero-order valence-corrected chi connectivity index (χ0v) is 16.2. The van der Waals surface area contributed by atoms with Gasteiger partial charge in [-0.05, 0) is 50.2 Å². The average molecular weight is 392 g/mol. The van der Waals surface area contributed by atoms with E-state index in [0.717, 1.165) is 17.8 Å². The van der Waals surface area contributed by atoms with Gasteiger partial charge in [-0.3, -0.25) is 4.79 Å². The monoisotopic (exact) mass is 392 g/mol. The van der Waals surface area contributed by atoms with Gasteiger partial charge in [0, 0.05) is 12.0 Å². The first-order valence-electron chi connectivity index (χ1n) is 9.36. The summed E-state index contributed by atoms with van der Waals surface area (Å²) in [5, 5.41) is 0. The smallest absolute Gasteiger partial charge is 0.338 e. The highest BCUT2D eigenvalue weighted by molar-refractivity contribution is 6.00. The third kappa shape index (κ3) is 4.03. The first kappa shape index (κ1) is 18.9. The molecule has 0 N–H and O–H groups in total. The normalized spacial score (nSPS) is 13.0. The fourth-order valence-corrected chi connectivity index (χ4v) is 2.99. The molecule has 3 aromatic rings. The summed E-state index contributed by atoms with van der Waals surface area (Å²) in [4.78, 5) is 33.7. The highest BCUT2D eigenvalue weighted by atomic mass is 16.5. The summed E-state index contributed by atoms with van der Waals surface area (Å²) in [5.41, 5.74) is 3.67. The second-order valence-electron chi connectivity index (χ2n) is 6.81. The van der Waals surface area contributed by atoms with E-state index in [1.807, 2.05) is 13.8 Å². The van der Waals surface area contributed by atoms with Crippen LogP contribution in [0, 0.1) is 13.8 Å². The number of aromatic nitrogens is 2. The van der Waals surface area contributed by atoms with Crippen LogP contribution in [0.3, 0.4) is 0 Å². The molecule has 0 unspecified atom stereocenters. The van der Waals surface area contributed by atoms with E-state index >= 15 is 0 Å². The molecule has 0 fully saturated rings. The lowest BCUT2D eigenvalue weighted by molar-refractivity contribution is 0.0475. The summed E-state index contributed by atoms with van der Waals surface area (Å²) in [6.07, 6.45) is 0.783. The fraction of sp³-hybridized carbons (Fsp3) is 0.273. The van der Waals surface area contributed by atoms with Crippen LogP contribution in [-0.4, -0.2) is 41.5 Å². The van der Waals surface area contributed by atoms with E-state index in [4.69, 9.17) is 14.2 Å². The summed E-state index contributed by atoms with van der Waals surface area (Å²) < 4.78 is 16.4. The number of benzene rings is 2. The topological polar surface area (TPSA) is 87.6 Å². The largest absolute Gasteiger partial charge is 0.490 e. The van der Waals surface area contributed by atoms with Crippen molar-refractivity contribution in [2.24, 2.45) is 0 Å². The number of hydrogen-bond acceptors (Lipinski definition) is 7. The fourth-order valence-electron chi connectivity index (χ4n) is 2.99. The van der Waals surface area contributed by atoms with Crippen molar-refractivity contribution in [2.75, 3.05) is 19.8 Å². The zero-order chi connectivity index (χ0) is 20.4. The molecule has 0 amide bonds. The zero-order valence-electron chi connectivity index (χ0n) is 16.2. The first-order valence-corrected chi connectivity index (χ1v) is 9.36. The van der Waals surface area contributed by atoms with E-state index in [9.17, 15) is 9.59 Å². The number of hydrogen-bond donors (Lipinski definition) is 0. The molecular weight excluding hydrogens is 372 g/mol. The molecule has 148 valence electrons. The van der Waals surface area contributed by atoms with Gasteiger partial charge in [0.25, 0.3) is 0 Å². The lowest BCUT2D eigenvalue weighted by Crippen LogP contribution is -2.14. The average Bonchev–Trinajstić information content (AvgIpc) is 2.97. The Bertz CT molecular complexity index is 1110. The van der Waals surface area contributed by atoms with Crippen molar-refractivity contribution in [3.8, 4) is 11.5 Å². The van der Waals surface area contributed by atoms with Gasteiger partial charge >= 0.3 is 5.97 Å². The minimum absolute atomic E-state index is 0.318. The Morgan fingerprint density at radius 3 is 2.38 bits per heavy atom. The number of Topliss-reactive ketones (excluding diaryl/α,β-unsaturated/α-hetero) is 1. The molecule has 2 aromatic carbocycles. The summed E-state index contributed by atoms with van der Waals surface area (Å²) in [7, 11) is 0. The molecular formula is C22H20N2O5. The lowest BCUT2D eigenvalue weighted by atomic mass is 10.1. The predicted octanol–water partition coefficient (Wildman–Crippen LogP) is 3.45. The minimum Gasteiger partial charge on any atom is -0.490 e. The van der Waals surface area contributed by atoms with Gasteiger partial charge in [0.15, 0.2) is 23.9 Å². The highest BCUT2D eigenvalue weighted by Crippen LogP contribution is 2.30. The number of nitrogens with zero attached hydrogens (tertiary/aromatic N) is 2. The van der Waals surface area contributed by atoms with Crippen LogP contribution in [0.2, 0.25) is 0 Å². The quantitative estimate of drug-likeness (QED) is 0.496. The molecule has 0 saturated heterocycles. The molecule has 4 rings (SSSR count). The molecule has 0 bridgehead atoms. The van der Waals surface area contributed by atoms with E-state index in [2.05, 4.69) is 9.97 Å². The van der Waals surface area contributed by atoms with Crippen LogP contribution in [0.15, 0.2) is 36.4 Å². The van der Waals surface area contributed by atoms with Crippen LogP contribution in [0.1, 0.15) is 38.5 Å². The number of ketones is 1. The maximum Gasteiger partial charge on any atom is 0.338 e. The molecule has 0 atom stereocenters. The number of carbonyl (C=O) groups is 2. The van der Waals surface area contributed by atoms with Gasteiger partial charge in [-0.15, -0.1) is 0 Å². The van der Waals surface area contributed by atoms with Crippen molar-refractivity contribution in [3.63, 3.8) is 0 Å². The van der Waals surface area contributed by atoms with Gasteiger partial charge in [-0.2, -0.15) is 0 Å². The molecule has 29 heavy (non-hydrogen) atoms. The van der Waals surface area contributed by atoms with Gasteiger partial charge in [0.2, 0.25) is 0 Å². The van der Waals surface area contributed by atoms with Crippen molar-refractivity contribution in [1.82, 2.24) is 9.97 Å². The van der Waals surface area contributed by atoms with Crippen molar-refractivity contribution in [1.29, 1.82) is 0 Å². The summed E-state index contributed by atoms with van der Waals surface area (Å²) in [6, 6.07) is 9.91. The van der Waals surface area contributed by atoms with Gasteiger partial charge < -0.3 is 14.2 Å². The van der Waals surface area contributed by atoms with Gasteiger partial charge in [0.05, 0.1) is 41.2 Å². The van der Waals surface area contributed by atoms with E-state index in [1.165, 1.54) is 0 Å². The van der Waals surface area contributed by atoms with Crippen LogP contribution in [0.25, 0.3) is 11.0 Å². The van der Waals surface area contributed by atoms with Crippen molar-refractivity contribution < 1.29 is 23.8 Å². The highest BCUT2D eigenvalue weighted by Gasteiger charge is 2.17. The first-order chi connectivity index (χ1) is 14.0. The third-order valence-corrected chi connectivity index (χ3v) is 4.71. The van der Waals surface area contributed by atoms with Gasteiger partial charge in [-0.25, -0.2) is 14.8 Å². The van der Waals surface area contributed by atoms with Gasteiger partial charge in [0.1, 0.15) is 0 Å². The van der Waals surface area contributed by atoms with Crippen LogP contribution in [0.4, 0.5) is 0 Å². The summed E-state index contributed by atoms with van der Waals surface area (Å²) in [5.74, 6) is 0.230. The molecule has 7 heteroatoms. The van der Waals surface area contributed by atoms with E-state index in [1.54, 1.807) is 36.4 Å². The maximum atomic E-state index is 12.5. The predicted molar refractivity (Wildman–Crippen MR) is 106 cm³/mol. The lowest BCUT2D eigenvalue weighted by Gasteiger charge is -2.09. The number of fused-ring (bicyclic) bond motifs is 2. The molecule has 1 aromatic heterocycles. The molecule has 0 aliphatic carbocycles. The molecule has 1 aliphatic heterocycles. The molecule has 1 aliphatic rings. The van der Waals surface area contributed by atoms with E-state index in [0.29, 0.717) is 46.9 Å². The Morgan fingerprint density at radius 2 is 1.59 bits per heavy atom. The molecule has 7 nitrogen and oxygen atoms in total. The molecule has 0 spiro atoms. The van der Waals surface area contributed by atoms with Crippen molar-refractivity contribution >= 4 is 22.8 Å².